The Balaban J connectivity index is 1.47. The van der Waals surface area contributed by atoms with Crippen LogP contribution in [0.15, 0.2) is 42.5 Å². The maximum Gasteiger partial charge on any atom is 0.251 e. The molecule has 1 saturated carbocycles. The number of rotatable bonds is 8. The van der Waals surface area contributed by atoms with Gasteiger partial charge in [-0.05, 0) is 48.1 Å². The van der Waals surface area contributed by atoms with Gasteiger partial charge in [-0.25, -0.2) is 0 Å². The summed E-state index contributed by atoms with van der Waals surface area (Å²) in [6.07, 6.45) is 3.07. The Kier molecular flexibility index (Phi) is 5.66. The number of aliphatic hydroxyl groups excluding tert-OH is 1. The summed E-state index contributed by atoms with van der Waals surface area (Å²) < 4.78 is 0. The fraction of sp³-hybridized carbons (Fsp3) is 0.400. The first kappa shape index (κ1) is 17.4. The number of benzene rings is 2. The minimum absolute atomic E-state index is 0.0636. The van der Waals surface area contributed by atoms with Gasteiger partial charge in [0.1, 0.15) is 0 Å². The van der Waals surface area contributed by atoms with Crippen molar-refractivity contribution >= 4 is 22.6 Å². The highest BCUT2D eigenvalue weighted by molar-refractivity contribution is 5.98. The second kappa shape index (κ2) is 8.12. The van der Waals surface area contributed by atoms with Crippen molar-refractivity contribution in [3.05, 3.63) is 48.0 Å². The molecule has 3 rings (SSSR count). The van der Waals surface area contributed by atoms with Crippen molar-refractivity contribution in [1.29, 1.82) is 0 Å². The average molecular weight is 340 g/mol. The maximum absolute atomic E-state index is 12.2. The van der Waals surface area contributed by atoms with Gasteiger partial charge in [0.25, 0.3) is 5.91 Å². The Morgan fingerprint density at radius 1 is 1.12 bits per heavy atom. The maximum atomic E-state index is 12.2. The number of carbonyl (C=O) groups is 2. The molecule has 2 amide bonds. The third kappa shape index (κ3) is 4.79. The Hall–Kier alpha value is -2.40. The summed E-state index contributed by atoms with van der Waals surface area (Å²) in [7, 11) is 0. The van der Waals surface area contributed by atoms with E-state index in [2.05, 4.69) is 10.6 Å². The lowest BCUT2D eigenvalue weighted by atomic mass is 10.1. The summed E-state index contributed by atoms with van der Waals surface area (Å²) in [5.74, 6) is 0.250. The summed E-state index contributed by atoms with van der Waals surface area (Å²) in [5, 5.41) is 16.9. The van der Waals surface area contributed by atoms with Crippen molar-refractivity contribution in [2.45, 2.75) is 31.7 Å². The Morgan fingerprint density at radius 2 is 1.88 bits per heavy atom. The van der Waals surface area contributed by atoms with Crippen LogP contribution < -0.4 is 10.6 Å². The zero-order chi connectivity index (χ0) is 17.6. The largest absolute Gasteiger partial charge is 0.396 e. The molecule has 1 atom stereocenters. The monoisotopic (exact) mass is 340 g/mol. The molecule has 132 valence electrons. The second-order valence-corrected chi connectivity index (χ2v) is 6.59. The summed E-state index contributed by atoms with van der Waals surface area (Å²) in [6, 6.07) is 13.5. The predicted octanol–water partition coefficient (Wildman–Crippen LogP) is 2.24. The third-order valence-corrected chi connectivity index (χ3v) is 4.63. The van der Waals surface area contributed by atoms with Crippen molar-refractivity contribution in [3.63, 3.8) is 0 Å². The molecule has 0 bridgehead atoms. The molecule has 0 spiro atoms. The second-order valence-electron chi connectivity index (χ2n) is 6.59. The van der Waals surface area contributed by atoms with Crippen molar-refractivity contribution in [1.82, 2.24) is 10.6 Å². The molecule has 1 unspecified atom stereocenters. The van der Waals surface area contributed by atoms with E-state index in [9.17, 15) is 9.59 Å². The molecule has 1 fully saturated rings. The molecule has 0 heterocycles. The summed E-state index contributed by atoms with van der Waals surface area (Å²) in [5.41, 5.74) is 0.593. The highest BCUT2D eigenvalue weighted by Gasteiger charge is 2.31. The molecular weight excluding hydrogens is 316 g/mol. The lowest BCUT2D eigenvalue weighted by Crippen LogP contribution is -2.39. The van der Waals surface area contributed by atoms with Gasteiger partial charge in [-0.1, -0.05) is 30.3 Å². The highest BCUT2D eigenvalue weighted by atomic mass is 16.3. The number of hydrogen-bond acceptors (Lipinski definition) is 3. The van der Waals surface area contributed by atoms with Crippen LogP contribution in [-0.2, 0) is 4.79 Å². The van der Waals surface area contributed by atoms with E-state index in [1.807, 2.05) is 36.4 Å². The van der Waals surface area contributed by atoms with Gasteiger partial charge < -0.3 is 15.7 Å². The van der Waals surface area contributed by atoms with Crippen LogP contribution in [0.2, 0.25) is 0 Å². The van der Waals surface area contributed by atoms with Crippen molar-refractivity contribution in [2.24, 2.45) is 5.92 Å². The van der Waals surface area contributed by atoms with Gasteiger partial charge in [0.2, 0.25) is 5.91 Å². The van der Waals surface area contributed by atoms with Crippen molar-refractivity contribution < 1.29 is 14.7 Å². The molecule has 0 aliphatic heterocycles. The average Bonchev–Trinajstić information content (AvgIpc) is 3.46. The number of carbonyl (C=O) groups excluding carboxylic acids is 2. The fourth-order valence-electron chi connectivity index (χ4n) is 3.06. The van der Waals surface area contributed by atoms with Gasteiger partial charge in [-0.3, -0.25) is 9.59 Å². The number of aliphatic hydroxyl groups is 1. The van der Waals surface area contributed by atoms with Gasteiger partial charge in [0.15, 0.2) is 0 Å². The summed E-state index contributed by atoms with van der Waals surface area (Å²) >= 11 is 0. The van der Waals surface area contributed by atoms with Gasteiger partial charge in [-0.15, -0.1) is 0 Å². The van der Waals surface area contributed by atoms with E-state index in [1.54, 1.807) is 6.07 Å². The minimum atomic E-state index is -0.173. The molecule has 25 heavy (non-hydrogen) atoms. The van der Waals surface area contributed by atoms with Crippen LogP contribution >= 0.6 is 0 Å². The van der Waals surface area contributed by atoms with E-state index in [4.69, 9.17) is 5.11 Å². The van der Waals surface area contributed by atoms with Crippen LogP contribution in [0.25, 0.3) is 10.8 Å². The van der Waals surface area contributed by atoms with Crippen molar-refractivity contribution in [3.8, 4) is 0 Å². The molecule has 2 aromatic carbocycles. The lowest BCUT2D eigenvalue weighted by molar-refractivity contribution is -0.121. The van der Waals surface area contributed by atoms with E-state index in [-0.39, 0.29) is 30.9 Å². The number of amides is 2. The fourth-order valence-corrected chi connectivity index (χ4v) is 3.06. The zero-order valence-corrected chi connectivity index (χ0v) is 14.2. The molecule has 5 nitrogen and oxygen atoms in total. The minimum Gasteiger partial charge on any atom is -0.396 e. The van der Waals surface area contributed by atoms with E-state index in [0.717, 1.165) is 23.6 Å². The number of fused-ring (bicyclic) bond motifs is 1. The molecule has 0 saturated heterocycles. The van der Waals surface area contributed by atoms with Crippen LogP contribution in [-0.4, -0.2) is 36.1 Å². The first-order chi connectivity index (χ1) is 12.2. The molecule has 0 aromatic heterocycles. The standard InChI is InChI=1S/C20H24N2O3/c23-12-10-18(15-6-7-15)22-19(24)9-11-21-20(25)17-8-5-14-3-1-2-4-16(14)13-17/h1-5,8,13,15,18,23H,6-7,9-12H2,(H,21,25)(H,22,24). The molecule has 3 N–H and O–H groups in total. The van der Waals surface area contributed by atoms with E-state index in [0.29, 0.717) is 24.4 Å². The summed E-state index contributed by atoms with van der Waals surface area (Å²) in [4.78, 5) is 24.2. The molecule has 2 aromatic rings. The van der Waals surface area contributed by atoms with Crippen LogP contribution in [0.3, 0.4) is 0 Å². The lowest BCUT2D eigenvalue weighted by Gasteiger charge is -2.17. The van der Waals surface area contributed by atoms with Gasteiger partial charge >= 0.3 is 0 Å². The highest BCUT2D eigenvalue weighted by Crippen LogP contribution is 2.33. The molecule has 5 heteroatoms. The van der Waals surface area contributed by atoms with E-state index < -0.39 is 0 Å². The quantitative estimate of drug-likeness (QED) is 0.689. The normalized spacial score (nSPS) is 14.9. The van der Waals surface area contributed by atoms with Crippen LogP contribution in [0.4, 0.5) is 0 Å². The van der Waals surface area contributed by atoms with Crippen molar-refractivity contribution in [2.75, 3.05) is 13.2 Å². The Morgan fingerprint density at radius 3 is 2.60 bits per heavy atom. The SMILES string of the molecule is O=C(CCNC(=O)c1ccc2ccccc2c1)NC(CCO)C1CC1. The van der Waals surface area contributed by atoms with Crippen LogP contribution in [0.1, 0.15) is 36.0 Å². The van der Waals surface area contributed by atoms with Gasteiger partial charge in [0, 0.05) is 31.2 Å². The number of hydrogen-bond donors (Lipinski definition) is 3. The zero-order valence-electron chi connectivity index (χ0n) is 14.2. The Bertz CT molecular complexity index is 755. The molecule has 0 radical (unpaired) electrons. The van der Waals surface area contributed by atoms with Gasteiger partial charge in [-0.2, -0.15) is 0 Å². The Labute approximate surface area is 147 Å². The summed E-state index contributed by atoms with van der Waals surface area (Å²) in [6.45, 7) is 0.383. The van der Waals surface area contributed by atoms with E-state index >= 15 is 0 Å². The molecule has 1 aliphatic carbocycles. The van der Waals surface area contributed by atoms with Crippen LogP contribution in [0.5, 0.6) is 0 Å². The number of nitrogens with one attached hydrogen (secondary N) is 2. The van der Waals surface area contributed by atoms with Crippen LogP contribution in [0, 0.1) is 5.92 Å². The third-order valence-electron chi connectivity index (χ3n) is 4.63. The topological polar surface area (TPSA) is 78.4 Å². The smallest absolute Gasteiger partial charge is 0.251 e. The first-order valence-electron chi connectivity index (χ1n) is 8.84. The predicted molar refractivity (Wildman–Crippen MR) is 97.3 cm³/mol. The van der Waals surface area contributed by atoms with Gasteiger partial charge in [0.05, 0.1) is 0 Å². The first-order valence-corrected chi connectivity index (χ1v) is 8.84. The molecular formula is C20H24N2O3. The van der Waals surface area contributed by atoms with E-state index in [1.165, 1.54) is 0 Å². The molecule has 1 aliphatic rings.